The molecule has 1 aliphatic rings. The molecule has 1 rings (SSSR count). The molecule has 1 fully saturated rings. The van der Waals surface area contributed by atoms with E-state index in [9.17, 15) is 4.79 Å². The zero-order valence-electron chi connectivity index (χ0n) is 17.4. The van der Waals surface area contributed by atoms with Crippen LogP contribution in [0.2, 0.25) is 0 Å². The van der Waals surface area contributed by atoms with Crippen molar-refractivity contribution in [3.05, 3.63) is 0 Å². The summed E-state index contributed by atoms with van der Waals surface area (Å²) in [5.41, 5.74) is -0.218. The van der Waals surface area contributed by atoms with E-state index in [-0.39, 0.29) is 42.0 Å². The zero-order valence-corrected chi connectivity index (χ0v) is 19.7. The van der Waals surface area contributed by atoms with E-state index in [4.69, 9.17) is 0 Å². The molecule has 1 amide bonds. The number of aliphatic imine (C=N–C) groups is 1. The number of rotatable bonds is 8. The molecule has 0 bridgehead atoms. The predicted octanol–water partition coefficient (Wildman–Crippen LogP) is 2.59. The maximum absolute atomic E-state index is 11.9. The highest BCUT2D eigenvalue weighted by atomic mass is 127. The molecule has 0 aromatic heterocycles. The fourth-order valence-electron chi connectivity index (χ4n) is 3.11. The van der Waals surface area contributed by atoms with E-state index in [1.165, 1.54) is 38.9 Å². The lowest BCUT2D eigenvalue weighted by Crippen LogP contribution is -2.43. The molecule has 1 heterocycles. The molecular weight excluding hydrogens is 441 g/mol. The Bertz CT molecular complexity index is 423. The summed E-state index contributed by atoms with van der Waals surface area (Å²) in [5, 5.41) is 9.45. The highest BCUT2D eigenvalue weighted by Gasteiger charge is 2.15. The van der Waals surface area contributed by atoms with Crippen LogP contribution in [-0.2, 0) is 4.79 Å². The third kappa shape index (κ3) is 12.7. The SMILES string of the molecule is CCNC(=NCC(=O)NC(C)(C)C)NCCCCN1CCCC(C)C1.I. The van der Waals surface area contributed by atoms with Crippen molar-refractivity contribution in [2.75, 3.05) is 39.3 Å². The summed E-state index contributed by atoms with van der Waals surface area (Å²) in [6.45, 7) is 15.8. The zero-order chi connectivity index (χ0) is 18.7. The molecule has 3 N–H and O–H groups in total. The van der Waals surface area contributed by atoms with Crippen LogP contribution in [0.5, 0.6) is 0 Å². The molecule has 0 radical (unpaired) electrons. The van der Waals surface area contributed by atoms with Gasteiger partial charge in [-0.15, -0.1) is 24.0 Å². The third-order valence-corrected chi connectivity index (χ3v) is 4.17. The largest absolute Gasteiger partial charge is 0.357 e. The predicted molar refractivity (Wildman–Crippen MR) is 121 cm³/mol. The molecule has 0 aromatic carbocycles. The number of likely N-dealkylation sites (tertiary alicyclic amines) is 1. The van der Waals surface area contributed by atoms with Gasteiger partial charge in [-0.3, -0.25) is 4.79 Å². The van der Waals surface area contributed by atoms with Crippen molar-refractivity contribution in [3.63, 3.8) is 0 Å². The van der Waals surface area contributed by atoms with Crippen molar-refractivity contribution >= 4 is 35.8 Å². The molecule has 26 heavy (non-hydrogen) atoms. The summed E-state index contributed by atoms with van der Waals surface area (Å²) < 4.78 is 0. The first-order valence-electron chi connectivity index (χ1n) is 9.85. The van der Waals surface area contributed by atoms with Gasteiger partial charge in [0.25, 0.3) is 0 Å². The van der Waals surface area contributed by atoms with Crippen molar-refractivity contribution in [1.82, 2.24) is 20.9 Å². The average molecular weight is 481 g/mol. The molecular formula is C19H40IN5O. The number of nitrogens with one attached hydrogen (secondary N) is 3. The fourth-order valence-corrected chi connectivity index (χ4v) is 3.11. The fraction of sp³-hybridized carbons (Fsp3) is 0.895. The number of piperidine rings is 1. The van der Waals surface area contributed by atoms with Crippen LogP contribution in [0, 0.1) is 5.92 Å². The number of hydrogen-bond donors (Lipinski definition) is 3. The number of guanidine groups is 1. The van der Waals surface area contributed by atoms with Gasteiger partial charge >= 0.3 is 0 Å². The maximum Gasteiger partial charge on any atom is 0.242 e. The van der Waals surface area contributed by atoms with Crippen LogP contribution >= 0.6 is 24.0 Å². The molecule has 1 atom stereocenters. The minimum atomic E-state index is -0.218. The van der Waals surface area contributed by atoms with Gasteiger partial charge in [0.1, 0.15) is 6.54 Å². The first-order valence-corrected chi connectivity index (χ1v) is 9.85. The number of unbranched alkanes of at least 4 members (excludes halogenated alkanes) is 1. The Morgan fingerprint density at radius 2 is 1.96 bits per heavy atom. The van der Waals surface area contributed by atoms with Crippen molar-refractivity contribution in [3.8, 4) is 0 Å². The number of carbonyl (C=O) groups excluding carboxylic acids is 1. The van der Waals surface area contributed by atoms with Gasteiger partial charge < -0.3 is 20.9 Å². The summed E-state index contributed by atoms with van der Waals surface area (Å²) in [6.07, 6.45) is 5.03. The van der Waals surface area contributed by atoms with Gasteiger partial charge in [0.05, 0.1) is 0 Å². The molecule has 1 unspecified atom stereocenters. The highest BCUT2D eigenvalue weighted by molar-refractivity contribution is 14.0. The number of hydrogen-bond acceptors (Lipinski definition) is 3. The lowest BCUT2D eigenvalue weighted by atomic mass is 10.0. The average Bonchev–Trinajstić information content (AvgIpc) is 2.50. The maximum atomic E-state index is 11.9. The molecule has 0 spiro atoms. The van der Waals surface area contributed by atoms with Crippen molar-refractivity contribution < 1.29 is 4.79 Å². The van der Waals surface area contributed by atoms with Crippen LogP contribution in [-0.4, -0.2) is 61.6 Å². The monoisotopic (exact) mass is 481 g/mol. The topological polar surface area (TPSA) is 68.8 Å². The Morgan fingerprint density at radius 1 is 1.23 bits per heavy atom. The molecule has 0 aromatic rings. The number of nitrogens with zero attached hydrogens (tertiary/aromatic N) is 2. The molecule has 6 nitrogen and oxygen atoms in total. The second kappa shape index (κ2) is 13.6. The van der Waals surface area contributed by atoms with Gasteiger partial charge in [0, 0.05) is 25.2 Å². The standard InChI is InChI=1S/C19H39N5O.HI/c1-6-20-18(22-14-17(25)23-19(3,4)5)21-11-7-8-12-24-13-9-10-16(2)15-24;/h16H,6-15H2,1-5H3,(H,23,25)(H2,20,21,22);1H. The molecule has 7 heteroatoms. The van der Waals surface area contributed by atoms with Gasteiger partial charge in [0.2, 0.25) is 5.91 Å². The number of amides is 1. The Labute approximate surface area is 177 Å². The third-order valence-electron chi connectivity index (χ3n) is 4.17. The van der Waals surface area contributed by atoms with Crippen LogP contribution in [0.4, 0.5) is 0 Å². The summed E-state index contributed by atoms with van der Waals surface area (Å²) >= 11 is 0. The quantitative estimate of drug-likeness (QED) is 0.216. The number of halogens is 1. The van der Waals surface area contributed by atoms with E-state index < -0.39 is 0 Å². The summed E-state index contributed by atoms with van der Waals surface area (Å²) in [7, 11) is 0. The van der Waals surface area contributed by atoms with Crippen LogP contribution < -0.4 is 16.0 Å². The van der Waals surface area contributed by atoms with E-state index in [1.807, 2.05) is 27.7 Å². The highest BCUT2D eigenvalue weighted by Crippen LogP contribution is 2.15. The Morgan fingerprint density at radius 3 is 2.58 bits per heavy atom. The molecule has 0 saturated carbocycles. The normalized spacial score (nSPS) is 18.8. The first kappa shape index (κ1) is 25.4. The van der Waals surface area contributed by atoms with E-state index >= 15 is 0 Å². The Balaban J connectivity index is 0.00000625. The van der Waals surface area contributed by atoms with Crippen LogP contribution in [0.1, 0.15) is 60.3 Å². The van der Waals surface area contributed by atoms with Crippen molar-refractivity contribution in [2.24, 2.45) is 10.9 Å². The second-order valence-electron chi connectivity index (χ2n) is 8.18. The van der Waals surface area contributed by atoms with Crippen molar-refractivity contribution in [1.29, 1.82) is 0 Å². The van der Waals surface area contributed by atoms with Crippen LogP contribution in [0.25, 0.3) is 0 Å². The second-order valence-corrected chi connectivity index (χ2v) is 8.18. The van der Waals surface area contributed by atoms with E-state index in [0.717, 1.165) is 31.4 Å². The number of carbonyl (C=O) groups is 1. The Hall–Kier alpha value is -0.570. The van der Waals surface area contributed by atoms with Gasteiger partial charge in [-0.1, -0.05) is 6.92 Å². The molecule has 1 saturated heterocycles. The van der Waals surface area contributed by atoms with E-state index in [1.54, 1.807) is 0 Å². The minimum absolute atomic E-state index is 0. The van der Waals surface area contributed by atoms with Gasteiger partial charge in [-0.05, 0) is 72.4 Å². The van der Waals surface area contributed by atoms with Gasteiger partial charge in [-0.25, -0.2) is 4.99 Å². The van der Waals surface area contributed by atoms with Gasteiger partial charge in [-0.2, -0.15) is 0 Å². The smallest absolute Gasteiger partial charge is 0.242 e. The molecule has 1 aliphatic heterocycles. The van der Waals surface area contributed by atoms with Crippen molar-refractivity contribution in [2.45, 2.75) is 65.8 Å². The summed E-state index contributed by atoms with van der Waals surface area (Å²) in [4.78, 5) is 18.8. The van der Waals surface area contributed by atoms with E-state index in [0.29, 0.717) is 0 Å². The van der Waals surface area contributed by atoms with E-state index in [2.05, 4.69) is 32.8 Å². The minimum Gasteiger partial charge on any atom is -0.357 e. The lowest BCUT2D eigenvalue weighted by molar-refractivity contribution is -0.121. The summed E-state index contributed by atoms with van der Waals surface area (Å²) in [6, 6.07) is 0. The lowest BCUT2D eigenvalue weighted by Gasteiger charge is -2.30. The van der Waals surface area contributed by atoms with Gasteiger partial charge in [0.15, 0.2) is 5.96 Å². The van der Waals surface area contributed by atoms with Crippen LogP contribution in [0.3, 0.4) is 0 Å². The molecule has 154 valence electrons. The first-order chi connectivity index (χ1) is 11.8. The summed E-state index contributed by atoms with van der Waals surface area (Å²) in [5.74, 6) is 1.51. The molecule has 0 aliphatic carbocycles. The Kier molecular flexibility index (Phi) is 13.3. The van der Waals surface area contributed by atoms with Crippen LogP contribution in [0.15, 0.2) is 4.99 Å².